The van der Waals surface area contributed by atoms with Crippen LogP contribution in [0.4, 0.5) is 0 Å². The Morgan fingerprint density at radius 2 is 1.95 bits per heavy atom. The van der Waals surface area contributed by atoms with Gasteiger partial charge in [0.25, 0.3) is 5.91 Å². The molecule has 3 aliphatic rings. The number of hydrogen-bond acceptors (Lipinski definition) is 7. The van der Waals surface area contributed by atoms with Crippen LogP contribution in [-0.2, 0) is 4.79 Å². The fourth-order valence-corrected chi connectivity index (χ4v) is 5.74. The van der Waals surface area contributed by atoms with Gasteiger partial charge in [-0.3, -0.25) is 19.9 Å². The predicted molar refractivity (Wildman–Crippen MR) is 144 cm³/mol. The van der Waals surface area contributed by atoms with E-state index in [2.05, 4.69) is 10.6 Å². The van der Waals surface area contributed by atoms with E-state index in [0.29, 0.717) is 53.4 Å². The van der Waals surface area contributed by atoms with Gasteiger partial charge in [-0.2, -0.15) is 0 Å². The zero-order chi connectivity index (χ0) is 27.9. The van der Waals surface area contributed by atoms with Gasteiger partial charge in [0.05, 0.1) is 32.2 Å². The van der Waals surface area contributed by atoms with Crippen LogP contribution in [0.2, 0.25) is 0 Å². The molecule has 3 heterocycles. The SMILES string of the molecule is CCC1(CC)CC(=O)N([C@@H]2CCOc3ccc(C(=O)NC4c5ccc(OC)cc5OCC4(C)O)cc32)C(=N)N1. The van der Waals surface area contributed by atoms with E-state index in [9.17, 15) is 14.7 Å². The van der Waals surface area contributed by atoms with Gasteiger partial charge in [-0.1, -0.05) is 13.8 Å². The van der Waals surface area contributed by atoms with Gasteiger partial charge in [-0.15, -0.1) is 0 Å². The van der Waals surface area contributed by atoms with E-state index in [1.54, 1.807) is 50.4 Å². The lowest BCUT2D eigenvalue weighted by Gasteiger charge is -2.45. The van der Waals surface area contributed by atoms with Crippen molar-refractivity contribution in [1.29, 1.82) is 5.41 Å². The standard InChI is InChI=1S/C29H36N4O6/c1-5-29(6-2)15-24(34)33(27(30)32-29)21-11-12-38-22-10-7-17(13-20(21)22)26(35)31-25-19-9-8-18(37-4)14-23(19)39-16-28(25,3)36/h7-10,13-14,21,25,36H,5-6,11-12,15-16H2,1-4H3,(H2,30,32)(H,31,35)/t21-,25?,28?/m1/s1. The Hall–Kier alpha value is -3.79. The first-order chi connectivity index (χ1) is 18.6. The topological polar surface area (TPSA) is 133 Å². The first-order valence-corrected chi connectivity index (χ1v) is 13.4. The molecule has 10 heteroatoms. The lowest BCUT2D eigenvalue weighted by atomic mass is 9.85. The van der Waals surface area contributed by atoms with Crippen LogP contribution in [0.3, 0.4) is 0 Å². The molecule has 0 saturated carbocycles. The van der Waals surface area contributed by atoms with Crippen molar-refractivity contribution < 1.29 is 28.9 Å². The Morgan fingerprint density at radius 1 is 1.18 bits per heavy atom. The Kier molecular flexibility index (Phi) is 6.92. The Balaban J connectivity index is 1.42. The number of carbonyl (C=O) groups excluding carboxylic acids is 2. The average Bonchev–Trinajstić information content (AvgIpc) is 2.93. The van der Waals surface area contributed by atoms with Crippen LogP contribution in [-0.4, -0.2) is 59.2 Å². The fraction of sp³-hybridized carbons (Fsp3) is 0.483. The number of guanidine groups is 1. The molecule has 1 fully saturated rings. The van der Waals surface area contributed by atoms with Crippen LogP contribution >= 0.6 is 0 Å². The van der Waals surface area contributed by atoms with Gasteiger partial charge >= 0.3 is 0 Å². The third-order valence-electron chi connectivity index (χ3n) is 8.28. The van der Waals surface area contributed by atoms with Crippen molar-refractivity contribution in [3.8, 4) is 17.2 Å². The Morgan fingerprint density at radius 3 is 2.64 bits per heavy atom. The third kappa shape index (κ3) is 4.78. The number of carbonyl (C=O) groups is 2. The van der Waals surface area contributed by atoms with Crippen LogP contribution in [0.1, 0.15) is 80.0 Å². The summed E-state index contributed by atoms with van der Waals surface area (Å²) in [5, 5.41) is 26.0. The molecule has 208 valence electrons. The van der Waals surface area contributed by atoms with E-state index in [4.69, 9.17) is 19.6 Å². The Bertz CT molecular complexity index is 1280. The number of aliphatic hydroxyl groups is 1. The maximum absolute atomic E-state index is 13.5. The van der Waals surface area contributed by atoms with Gasteiger partial charge in [-0.05, 0) is 50.1 Å². The molecule has 2 aromatic carbocycles. The number of ether oxygens (including phenoxy) is 3. The smallest absolute Gasteiger partial charge is 0.251 e. The van der Waals surface area contributed by atoms with Gasteiger partial charge in [-0.25, -0.2) is 0 Å². The highest BCUT2D eigenvalue weighted by molar-refractivity contribution is 6.00. The second-order valence-corrected chi connectivity index (χ2v) is 10.8. The molecule has 0 aromatic heterocycles. The lowest BCUT2D eigenvalue weighted by Crippen LogP contribution is -2.62. The van der Waals surface area contributed by atoms with E-state index in [0.717, 1.165) is 12.8 Å². The van der Waals surface area contributed by atoms with Gasteiger partial charge < -0.3 is 30.0 Å². The number of fused-ring (bicyclic) bond motifs is 2. The summed E-state index contributed by atoms with van der Waals surface area (Å²) in [6, 6.07) is 9.23. The second kappa shape index (κ2) is 10.1. The summed E-state index contributed by atoms with van der Waals surface area (Å²) in [4.78, 5) is 28.4. The van der Waals surface area contributed by atoms with Crippen molar-refractivity contribution in [2.75, 3.05) is 20.3 Å². The van der Waals surface area contributed by atoms with Gasteiger partial charge in [0, 0.05) is 34.7 Å². The molecule has 0 spiro atoms. The van der Waals surface area contributed by atoms with Crippen molar-refractivity contribution in [2.45, 2.75) is 69.7 Å². The summed E-state index contributed by atoms with van der Waals surface area (Å²) in [7, 11) is 1.56. The lowest BCUT2D eigenvalue weighted by molar-refractivity contribution is -0.133. The van der Waals surface area contributed by atoms with E-state index >= 15 is 0 Å². The summed E-state index contributed by atoms with van der Waals surface area (Å²) in [5.41, 5.74) is -0.0710. The number of amides is 2. The molecule has 5 rings (SSSR count). The molecule has 2 unspecified atom stereocenters. The largest absolute Gasteiger partial charge is 0.497 e. The minimum atomic E-state index is -1.34. The Labute approximate surface area is 228 Å². The van der Waals surface area contributed by atoms with E-state index < -0.39 is 23.2 Å². The van der Waals surface area contributed by atoms with Crippen LogP contribution in [0.5, 0.6) is 17.2 Å². The van der Waals surface area contributed by atoms with E-state index in [1.165, 1.54) is 4.90 Å². The number of hydrogen-bond donors (Lipinski definition) is 4. The molecular formula is C29H36N4O6. The zero-order valence-electron chi connectivity index (χ0n) is 22.8. The molecule has 1 saturated heterocycles. The summed E-state index contributed by atoms with van der Waals surface area (Å²) in [6.45, 7) is 6.06. The normalized spacial score (nSPS) is 25.4. The number of nitrogens with zero attached hydrogens (tertiary/aromatic N) is 1. The quantitative estimate of drug-likeness (QED) is 0.444. The maximum atomic E-state index is 13.5. The zero-order valence-corrected chi connectivity index (χ0v) is 22.8. The second-order valence-electron chi connectivity index (χ2n) is 10.8. The average molecular weight is 537 g/mol. The minimum absolute atomic E-state index is 0.00140. The first-order valence-electron chi connectivity index (χ1n) is 13.4. The van der Waals surface area contributed by atoms with Gasteiger partial charge in [0.2, 0.25) is 5.91 Å². The first kappa shape index (κ1) is 26.8. The monoisotopic (exact) mass is 536 g/mol. The van der Waals surface area contributed by atoms with Crippen molar-refractivity contribution in [3.05, 3.63) is 53.1 Å². The molecule has 3 aliphatic heterocycles. The molecule has 2 aromatic rings. The summed E-state index contributed by atoms with van der Waals surface area (Å²) < 4.78 is 16.9. The van der Waals surface area contributed by atoms with Crippen LogP contribution in [0.25, 0.3) is 0 Å². The molecule has 10 nitrogen and oxygen atoms in total. The van der Waals surface area contributed by atoms with Crippen LogP contribution in [0.15, 0.2) is 36.4 Å². The molecule has 0 aliphatic carbocycles. The summed E-state index contributed by atoms with van der Waals surface area (Å²) in [5.74, 6) is 1.32. The van der Waals surface area contributed by atoms with E-state index in [-0.39, 0.29) is 24.4 Å². The highest BCUT2D eigenvalue weighted by Crippen LogP contribution is 2.41. The number of rotatable bonds is 6. The number of methoxy groups -OCH3 is 1. The molecule has 0 bridgehead atoms. The van der Waals surface area contributed by atoms with Crippen molar-refractivity contribution in [3.63, 3.8) is 0 Å². The van der Waals surface area contributed by atoms with Crippen molar-refractivity contribution >= 4 is 17.8 Å². The maximum Gasteiger partial charge on any atom is 0.251 e. The van der Waals surface area contributed by atoms with Gasteiger partial charge in [0.1, 0.15) is 29.5 Å². The summed E-state index contributed by atoms with van der Waals surface area (Å²) >= 11 is 0. The molecule has 3 atom stereocenters. The molecule has 4 N–H and O–H groups in total. The summed E-state index contributed by atoms with van der Waals surface area (Å²) in [6.07, 6.45) is 2.29. The highest BCUT2D eigenvalue weighted by Gasteiger charge is 2.44. The van der Waals surface area contributed by atoms with Gasteiger partial charge in [0.15, 0.2) is 5.96 Å². The molecular weight excluding hydrogens is 500 g/mol. The minimum Gasteiger partial charge on any atom is -0.497 e. The van der Waals surface area contributed by atoms with Crippen molar-refractivity contribution in [1.82, 2.24) is 15.5 Å². The highest BCUT2D eigenvalue weighted by atomic mass is 16.5. The number of nitrogens with one attached hydrogen (secondary N) is 3. The van der Waals surface area contributed by atoms with Crippen LogP contribution < -0.4 is 24.8 Å². The third-order valence-corrected chi connectivity index (χ3v) is 8.28. The van der Waals surface area contributed by atoms with Crippen LogP contribution in [0, 0.1) is 5.41 Å². The predicted octanol–water partition coefficient (Wildman–Crippen LogP) is 3.45. The molecule has 2 amide bonds. The number of benzene rings is 2. The van der Waals surface area contributed by atoms with E-state index in [1.807, 2.05) is 13.8 Å². The molecule has 0 radical (unpaired) electrons. The van der Waals surface area contributed by atoms with Crippen molar-refractivity contribution in [2.24, 2.45) is 0 Å². The fourth-order valence-electron chi connectivity index (χ4n) is 5.74. The molecule has 39 heavy (non-hydrogen) atoms.